The molecule has 6 aromatic rings. The van der Waals surface area contributed by atoms with E-state index in [-0.39, 0.29) is 6.04 Å². The highest BCUT2D eigenvalue weighted by Crippen LogP contribution is 2.46. The molecule has 0 saturated heterocycles. The van der Waals surface area contributed by atoms with Crippen LogP contribution < -0.4 is 14.3 Å². The Balaban J connectivity index is 1.30. The van der Waals surface area contributed by atoms with Crippen LogP contribution in [0, 0.1) is 5.92 Å². The van der Waals surface area contributed by atoms with Gasteiger partial charge in [-0.25, -0.2) is 4.98 Å². The van der Waals surface area contributed by atoms with Crippen LogP contribution >= 0.6 is 0 Å². The molecule has 4 nitrogen and oxygen atoms in total. The zero-order chi connectivity index (χ0) is 39.9. The number of aryl methyl sites for hydroxylation is 1. The first kappa shape index (κ1) is 38.2. The molecular formula is C52H63N3OSi+2. The van der Waals surface area contributed by atoms with Gasteiger partial charge in [-0.15, -0.1) is 0 Å². The van der Waals surface area contributed by atoms with Crippen molar-refractivity contribution in [1.29, 1.82) is 0 Å². The molecule has 6 heterocycles. The number of allylic oxidation sites excluding steroid dienone is 1. The van der Waals surface area contributed by atoms with E-state index in [4.69, 9.17) is 16.0 Å². The van der Waals surface area contributed by atoms with Gasteiger partial charge in [0.05, 0.1) is 20.1 Å². The quantitative estimate of drug-likeness (QED) is 0.125. The normalized spacial score (nSPS) is 18.6. The summed E-state index contributed by atoms with van der Waals surface area (Å²) in [4.78, 5) is 5.08. The number of nitrogens with zero attached hydrogens (tertiary/aromatic N) is 3. The minimum Gasteiger partial charge on any atom is -0.437 e. The molecule has 2 aromatic carbocycles. The maximum absolute atomic E-state index is 6.98. The van der Waals surface area contributed by atoms with Gasteiger partial charge in [0.15, 0.2) is 29.7 Å². The van der Waals surface area contributed by atoms with E-state index in [0.717, 1.165) is 65.1 Å². The molecule has 0 N–H and O–H groups in total. The third kappa shape index (κ3) is 6.62. The predicted octanol–water partition coefficient (Wildman–Crippen LogP) is 12.7. The third-order valence-corrected chi connectivity index (χ3v) is 15.9. The van der Waals surface area contributed by atoms with E-state index >= 15 is 0 Å². The van der Waals surface area contributed by atoms with Gasteiger partial charge in [-0.3, -0.25) is 0 Å². The van der Waals surface area contributed by atoms with Crippen molar-refractivity contribution < 1.29 is 13.6 Å². The molecule has 0 amide bonds. The maximum atomic E-state index is 6.98. The van der Waals surface area contributed by atoms with E-state index in [1.165, 1.54) is 76.0 Å². The number of rotatable bonds is 6. The topological polar surface area (TPSA) is 33.8 Å². The van der Waals surface area contributed by atoms with E-state index < -0.39 is 8.07 Å². The van der Waals surface area contributed by atoms with Crippen molar-refractivity contribution in [1.82, 2.24) is 4.98 Å². The molecule has 1 saturated carbocycles. The SMILES string of the molecule is C=C1CC2C(CCc3ccc4c(oc5nc(C(C)C)ccc54)c3-c3cc(CC4CCCC4)c(C(C)C)c[n+]31)c1ccccc1-c1cc(C(C)C)c([Si](C)(C)C)c[n+]12. The Morgan fingerprint density at radius 1 is 0.807 bits per heavy atom. The largest absolute Gasteiger partial charge is 0.437 e. The zero-order valence-electron chi connectivity index (χ0n) is 36.0. The Labute approximate surface area is 342 Å². The van der Waals surface area contributed by atoms with Crippen LogP contribution in [0.4, 0.5) is 0 Å². The first-order chi connectivity index (χ1) is 27.3. The molecule has 0 bridgehead atoms. The lowest BCUT2D eigenvalue weighted by Gasteiger charge is -2.33. The summed E-state index contributed by atoms with van der Waals surface area (Å²) >= 11 is 0. The maximum Gasteiger partial charge on any atom is 0.227 e. The van der Waals surface area contributed by atoms with Gasteiger partial charge in [-0.05, 0) is 90.0 Å². The number of furan rings is 1. The third-order valence-electron chi connectivity index (χ3n) is 13.8. The zero-order valence-corrected chi connectivity index (χ0v) is 37.0. The molecule has 3 aliphatic rings. The Bertz CT molecular complexity index is 2540. The minimum absolute atomic E-state index is 0.245. The number of fused-ring (bicyclic) bond motifs is 13. The molecule has 9 rings (SSSR count). The fourth-order valence-corrected chi connectivity index (χ4v) is 12.5. The van der Waals surface area contributed by atoms with Crippen molar-refractivity contribution in [2.24, 2.45) is 5.92 Å². The minimum atomic E-state index is -1.67. The first-order valence-electron chi connectivity index (χ1n) is 22.1. The Morgan fingerprint density at radius 3 is 2.26 bits per heavy atom. The highest BCUT2D eigenvalue weighted by Gasteiger charge is 2.44. The van der Waals surface area contributed by atoms with E-state index in [2.05, 4.69) is 143 Å². The van der Waals surface area contributed by atoms with Crippen molar-refractivity contribution in [3.8, 4) is 22.5 Å². The lowest BCUT2D eigenvalue weighted by molar-refractivity contribution is -0.719. The van der Waals surface area contributed by atoms with E-state index in [0.29, 0.717) is 23.7 Å². The van der Waals surface area contributed by atoms with Crippen molar-refractivity contribution >= 4 is 41.0 Å². The average Bonchev–Trinajstić information content (AvgIpc) is 3.83. The van der Waals surface area contributed by atoms with Crippen LogP contribution in [0.5, 0.6) is 0 Å². The van der Waals surface area contributed by atoms with Crippen LogP contribution in [-0.4, -0.2) is 13.1 Å². The monoisotopic (exact) mass is 773 g/mol. The van der Waals surface area contributed by atoms with Crippen molar-refractivity contribution in [2.45, 2.75) is 142 Å². The summed E-state index contributed by atoms with van der Waals surface area (Å²) in [5.41, 5.74) is 16.4. The van der Waals surface area contributed by atoms with Crippen LogP contribution in [0.2, 0.25) is 19.6 Å². The molecule has 2 unspecified atom stereocenters. The molecule has 0 spiro atoms. The second-order valence-corrected chi connectivity index (χ2v) is 24.8. The molecule has 2 atom stereocenters. The molecule has 4 aromatic heterocycles. The molecule has 294 valence electrons. The second kappa shape index (κ2) is 14.5. The summed E-state index contributed by atoms with van der Waals surface area (Å²) in [6.07, 6.45) is 14.5. The van der Waals surface area contributed by atoms with Gasteiger partial charge in [-0.1, -0.05) is 117 Å². The van der Waals surface area contributed by atoms with Gasteiger partial charge in [0.25, 0.3) is 0 Å². The molecular weight excluding hydrogens is 711 g/mol. The van der Waals surface area contributed by atoms with Gasteiger partial charge in [0.1, 0.15) is 0 Å². The summed E-state index contributed by atoms with van der Waals surface area (Å²) in [5, 5.41) is 3.83. The number of pyridine rings is 3. The van der Waals surface area contributed by atoms with Crippen LogP contribution in [0.3, 0.4) is 0 Å². The molecule has 2 aliphatic heterocycles. The van der Waals surface area contributed by atoms with Gasteiger partial charge >= 0.3 is 0 Å². The summed E-state index contributed by atoms with van der Waals surface area (Å²) in [5.74, 6) is 2.28. The van der Waals surface area contributed by atoms with Crippen LogP contribution in [0.15, 0.2) is 84.1 Å². The summed E-state index contributed by atoms with van der Waals surface area (Å²) in [6, 6.07) is 23.8. The number of hydrogen-bond acceptors (Lipinski definition) is 2. The van der Waals surface area contributed by atoms with Crippen molar-refractivity contribution in [2.75, 3.05) is 0 Å². The number of hydrogen-bond donors (Lipinski definition) is 0. The van der Waals surface area contributed by atoms with Crippen LogP contribution in [-0.2, 0) is 12.8 Å². The molecule has 57 heavy (non-hydrogen) atoms. The summed E-state index contributed by atoms with van der Waals surface area (Å²) in [6.45, 7) is 26.5. The van der Waals surface area contributed by atoms with Crippen LogP contribution in [0.25, 0.3) is 50.3 Å². The standard InChI is InChI=1S/C52H63N3OSi/c1-31(2)43-28-47-39-18-14-13-17-38(39)40-21-19-36-20-22-41-42-23-24-45(33(5)6)53-52(42)56-51(41)50(36)48-27-37(26-35-15-11-12-16-35)44(32(3)4)29-54(48)34(7)25-46(40)55(47)30-49(43)57(8,9)10/h13-14,17-18,20,22-24,27-33,35,40,46H,7,11-12,15-16,19,21,25-26H2,1-6,8-10H3/q+2. The van der Waals surface area contributed by atoms with Gasteiger partial charge in [0, 0.05) is 50.8 Å². The second-order valence-electron chi connectivity index (χ2n) is 19.8. The van der Waals surface area contributed by atoms with Crippen LogP contribution in [0.1, 0.15) is 143 Å². The van der Waals surface area contributed by atoms with E-state index in [1.807, 2.05) is 0 Å². The average molecular weight is 774 g/mol. The predicted molar refractivity (Wildman–Crippen MR) is 240 cm³/mol. The summed E-state index contributed by atoms with van der Waals surface area (Å²) < 4.78 is 12.2. The lowest BCUT2D eigenvalue weighted by atomic mass is 9.77. The highest BCUT2D eigenvalue weighted by molar-refractivity contribution is 6.89. The van der Waals surface area contributed by atoms with Gasteiger partial charge in [0.2, 0.25) is 17.1 Å². The van der Waals surface area contributed by atoms with Gasteiger partial charge < -0.3 is 4.42 Å². The Morgan fingerprint density at radius 2 is 1.54 bits per heavy atom. The van der Waals surface area contributed by atoms with E-state index in [1.54, 1.807) is 5.19 Å². The van der Waals surface area contributed by atoms with Gasteiger partial charge in [-0.2, -0.15) is 9.13 Å². The number of benzene rings is 2. The first-order valence-corrected chi connectivity index (χ1v) is 25.6. The van der Waals surface area contributed by atoms with E-state index in [9.17, 15) is 0 Å². The van der Waals surface area contributed by atoms with Crippen molar-refractivity contribution in [3.05, 3.63) is 113 Å². The number of aromatic nitrogens is 3. The Hall–Kier alpha value is -4.35. The molecule has 0 radical (unpaired) electrons. The fraction of sp³-hybridized carbons (Fsp3) is 0.442. The molecule has 1 fully saturated rings. The molecule has 1 aliphatic carbocycles. The Kier molecular flexibility index (Phi) is 9.70. The van der Waals surface area contributed by atoms with Crippen molar-refractivity contribution in [3.63, 3.8) is 0 Å². The smallest absolute Gasteiger partial charge is 0.227 e. The highest BCUT2D eigenvalue weighted by atomic mass is 28.3. The summed E-state index contributed by atoms with van der Waals surface area (Å²) in [7, 11) is -1.67. The molecule has 5 heteroatoms. The fourth-order valence-electron chi connectivity index (χ4n) is 10.7. The lowest BCUT2D eigenvalue weighted by Crippen LogP contribution is -2.54.